The van der Waals surface area contributed by atoms with Crippen LogP contribution in [0.25, 0.3) is 0 Å². The largest absolute Gasteiger partial charge is 0.304 e. The number of pyridine rings is 1. The lowest BCUT2D eigenvalue weighted by molar-refractivity contribution is 0.219. The molecule has 124 valence electrons. The third kappa shape index (κ3) is 4.74. The Labute approximate surface area is 133 Å². The van der Waals surface area contributed by atoms with Gasteiger partial charge >= 0.3 is 0 Å². The molecule has 1 atom stereocenters. The van der Waals surface area contributed by atoms with E-state index in [0.29, 0.717) is 19.0 Å². The van der Waals surface area contributed by atoms with E-state index < -0.39 is 10.2 Å². The van der Waals surface area contributed by atoms with Crippen LogP contribution in [0.5, 0.6) is 0 Å². The second kappa shape index (κ2) is 7.50. The number of nitrogens with one attached hydrogen (secondary N) is 1. The van der Waals surface area contributed by atoms with E-state index in [1.165, 1.54) is 4.31 Å². The van der Waals surface area contributed by atoms with Gasteiger partial charge in [0, 0.05) is 44.6 Å². The molecule has 1 aliphatic heterocycles. The van der Waals surface area contributed by atoms with Crippen molar-refractivity contribution in [1.29, 1.82) is 0 Å². The molecule has 7 heteroatoms. The molecule has 2 heterocycles. The molecule has 1 saturated heterocycles. The number of rotatable bonds is 6. The highest BCUT2D eigenvalue weighted by molar-refractivity contribution is 7.87. The Morgan fingerprint density at radius 3 is 2.50 bits per heavy atom. The van der Waals surface area contributed by atoms with E-state index in [4.69, 9.17) is 0 Å². The minimum atomic E-state index is -3.47. The Morgan fingerprint density at radius 2 is 1.95 bits per heavy atom. The van der Waals surface area contributed by atoms with Crippen LogP contribution in [0.3, 0.4) is 0 Å². The fourth-order valence-corrected chi connectivity index (χ4v) is 3.97. The standard InChI is InChI=1S/C15H26N4O2S/c1-13(2)11-15(14-5-4-6-16-12-14)17-22(20,21)19-9-7-18(3)8-10-19/h4-6,12-13,15,17H,7-11H2,1-3H3. The van der Waals surface area contributed by atoms with Gasteiger partial charge in [-0.05, 0) is 31.0 Å². The van der Waals surface area contributed by atoms with Gasteiger partial charge in [-0.15, -0.1) is 0 Å². The van der Waals surface area contributed by atoms with Crippen LogP contribution in [0.1, 0.15) is 31.9 Å². The van der Waals surface area contributed by atoms with E-state index in [0.717, 1.165) is 25.1 Å². The lowest BCUT2D eigenvalue weighted by Crippen LogP contribution is -2.51. The van der Waals surface area contributed by atoms with Gasteiger partial charge in [-0.2, -0.15) is 17.4 Å². The van der Waals surface area contributed by atoms with Gasteiger partial charge < -0.3 is 4.90 Å². The predicted octanol–water partition coefficient (Wildman–Crippen LogP) is 1.25. The summed E-state index contributed by atoms with van der Waals surface area (Å²) in [4.78, 5) is 6.25. The van der Waals surface area contributed by atoms with Crippen LogP contribution in [0.2, 0.25) is 0 Å². The molecule has 22 heavy (non-hydrogen) atoms. The predicted molar refractivity (Wildman–Crippen MR) is 87.6 cm³/mol. The van der Waals surface area contributed by atoms with Crippen molar-refractivity contribution in [2.24, 2.45) is 5.92 Å². The zero-order chi connectivity index (χ0) is 16.2. The summed E-state index contributed by atoms with van der Waals surface area (Å²) < 4.78 is 29.7. The SMILES string of the molecule is CC(C)CC(NS(=O)(=O)N1CCN(C)CC1)c1cccnc1. The second-order valence-electron chi connectivity index (χ2n) is 6.29. The molecule has 0 amide bonds. The minimum Gasteiger partial charge on any atom is -0.304 e. The average Bonchev–Trinajstić information content (AvgIpc) is 2.47. The highest BCUT2D eigenvalue weighted by Gasteiger charge is 2.28. The maximum absolute atomic E-state index is 12.6. The van der Waals surface area contributed by atoms with Gasteiger partial charge in [-0.25, -0.2) is 0 Å². The number of piperazine rings is 1. The van der Waals surface area contributed by atoms with Gasteiger partial charge in [-0.1, -0.05) is 19.9 Å². The molecule has 2 rings (SSSR count). The van der Waals surface area contributed by atoms with Gasteiger partial charge in [0.1, 0.15) is 0 Å². The van der Waals surface area contributed by atoms with Gasteiger partial charge in [0.25, 0.3) is 10.2 Å². The van der Waals surface area contributed by atoms with E-state index in [1.807, 2.05) is 19.2 Å². The van der Waals surface area contributed by atoms with Gasteiger partial charge in [0.2, 0.25) is 0 Å². The average molecular weight is 326 g/mol. The first-order valence-electron chi connectivity index (χ1n) is 7.74. The Bertz CT molecular complexity index is 554. The smallest absolute Gasteiger partial charge is 0.280 e. The summed E-state index contributed by atoms with van der Waals surface area (Å²) in [6.45, 7) is 6.78. The first kappa shape index (κ1) is 17.3. The van der Waals surface area contributed by atoms with Gasteiger partial charge in [0.05, 0.1) is 0 Å². The summed E-state index contributed by atoms with van der Waals surface area (Å²) in [5.41, 5.74) is 0.911. The molecule has 0 spiro atoms. The molecule has 6 nitrogen and oxygen atoms in total. The van der Waals surface area contributed by atoms with E-state index in [1.54, 1.807) is 12.4 Å². The van der Waals surface area contributed by atoms with Crippen molar-refractivity contribution in [2.75, 3.05) is 33.2 Å². The van der Waals surface area contributed by atoms with Crippen LogP contribution < -0.4 is 4.72 Å². The van der Waals surface area contributed by atoms with Crippen LogP contribution >= 0.6 is 0 Å². The molecule has 1 N–H and O–H groups in total. The second-order valence-corrected chi connectivity index (χ2v) is 8.00. The summed E-state index contributed by atoms with van der Waals surface area (Å²) >= 11 is 0. The Hall–Kier alpha value is -1.02. The Balaban J connectivity index is 2.12. The molecule has 1 aromatic rings. The van der Waals surface area contributed by atoms with E-state index in [2.05, 4.69) is 28.5 Å². The molecule has 0 bridgehead atoms. The molecule has 0 radical (unpaired) electrons. The molecule has 1 aromatic heterocycles. The summed E-state index contributed by atoms with van der Waals surface area (Å²) in [7, 11) is -1.46. The Morgan fingerprint density at radius 1 is 1.27 bits per heavy atom. The van der Waals surface area contributed by atoms with Crippen LogP contribution in [0, 0.1) is 5.92 Å². The number of hydrogen-bond donors (Lipinski definition) is 1. The number of nitrogens with zero attached hydrogens (tertiary/aromatic N) is 3. The van der Waals surface area contributed by atoms with Crippen molar-refractivity contribution in [3.8, 4) is 0 Å². The summed E-state index contributed by atoms with van der Waals surface area (Å²) in [6, 6.07) is 3.53. The molecule has 0 aliphatic carbocycles. The fraction of sp³-hybridized carbons (Fsp3) is 0.667. The monoisotopic (exact) mass is 326 g/mol. The molecule has 0 saturated carbocycles. The molecule has 0 aromatic carbocycles. The summed E-state index contributed by atoms with van der Waals surface area (Å²) in [6.07, 6.45) is 4.18. The zero-order valence-corrected chi connectivity index (χ0v) is 14.4. The highest BCUT2D eigenvalue weighted by atomic mass is 32.2. The quantitative estimate of drug-likeness (QED) is 0.854. The van der Waals surface area contributed by atoms with E-state index >= 15 is 0 Å². The molecule has 1 aliphatic rings. The normalized spacial score (nSPS) is 19.5. The van der Waals surface area contributed by atoms with Crippen LogP contribution in [0.4, 0.5) is 0 Å². The molecule has 1 fully saturated rings. The van der Waals surface area contributed by atoms with Crippen LogP contribution in [-0.2, 0) is 10.2 Å². The Kier molecular flexibility index (Phi) is 5.91. The lowest BCUT2D eigenvalue weighted by atomic mass is 9.99. The highest BCUT2D eigenvalue weighted by Crippen LogP contribution is 2.22. The van der Waals surface area contributed by atoms with Crippen molar-refractivity contribution in [2.45, 2.75) is 26.3 Å². The molecule has 1 unspecified atom stereocenters. The maximum Gasteiger partial charge on any atom is 0.280 e. The first-order valence-corrected chi connectivity index (χ1v) is 9.18. The van der Waals surface area contributed by atoms with Crippen molar-refractivity contribution in [1.82, 2.24) is 18.9 Å². The molecular weight excluding hydrogens is 300 g/mol. The fourth-order valence-electron chi connectivity index (χ4n) is 2.59. The van der Waals surface area contributed by atoms with Crippen LogP contribution in [-0.4, -0.2) is 55.8 Å². The minimum absolute atomic E-state index is 0.238. The van der Waals surface area contributed by atoms with Crippen molar-refractivity contribution in [3.63, 3.8) is 0 Å². The summed E-state index contributed by atoms with van der Waals surface area (Å²) in [5, 5.41) is 0. The zero-order valence-electron chi connectivity index (χ0n) is 13.6. The number of hydrogen-bond acceptors (Lipinski definition) is 4. The van der Waals surface area contributed by atoms with E-state index in [9.17, 15) is 8.42 Å². The third-order valence-corrected chi connectivity index (χ3v) is 5.51. The van der Waals surface area contributed by atoms with Gasteiger partial charge in [0.15, 0.2) is 0 Å². The number of likely N-dealkylation sites (N-methyl/N-ethyl adjacent to an activating group) is 1. The molecular formula is C15H26N4O2S. The van der Waals surface area contributed by atoms with E-state index in [-0.39, 0.29) is 6.04 Å². The van der Waals surface area contributed by atoms with Crippen molar-refractivity contribution in [3.05, 3.63) is 30.1 Å². The summed E-state index contributed by atoms with van der Waals surface area (Å²) in [5.74, 6) is 0.389. The topological polar surface area (TPSA) is 65.5 Å². The maximum atomic E-state index is 12.6. The van der Waals surface area contributed by atoms with Crippen molar-refractivity contribution >= 4 is 10.2 Å². The number of aromatic nitrogens is 1. The van der Waals surface area contributed by atoms with Crippen molar-refractivity contribution < 1.29 is 8.42 Å². The van der Waals surface area contributed by atoms with Crippen LogP contribution in [0.15, 0.2) is 24.5 Å². The third-order valence-electron chi connectivity index (χ3n) is 3.89. The first-order chi connectivity index (χ1) is 10.4. The lowest BCUT2D eigenvalue weighted by Gasteiger charge is -2.33. The van der Waals surface area contributed by atoms with Gasteiger partial charge in [-0.3, -0.25) is 4.98 Å².